The summed E-state index contributed by atoms with van der Waals surface area (Å²) in [4.78, 5) is 12.1. The summed E-state index contributed by atoms with van der Waals surface area (Å²) >= 11 is 5.93. The van der Waals surface area contributed by atoms with Crippen LogP contribution in [0.15, 0.2) is 41.3 Å². The molecule has 0 radical (unpaired) electrons. The lowest BCUT2D eigenvalue weighted by molar-refractivity contribution is 0.807. The molecule has 0 amide bonds. The quantitative estimate of drug-likeness (QED) is 0.908. The minimum absolute atomic E-state index is 0.245. The summed E-state index contributed by atoms with van der Waals surface area (Å²) in [5, 5.41) is 7.31. The number of aromatic nitrogens is 2. The van der Waals surface area contributed by atoms with E-state index in [0.29, 0.717) is 22.9 Å². The maximum Gasteiger partial charge on any atom is 0.296 e. The number of halogens is 1. The zero-order chi connectivity index (χ0) is 12.3. The Morgan fingerprint density at radius 2 is 2.06 bits per heavy atom. The van der Waals surface area contributed by atoms with Gasteiger partial charge in [-0.25, -0.2) is 0 Å². The van der Waals surface area contributed by atoms with Crippen molar-refractivity contribution in [3.8, 4) is 5.69 Å². The van der Waals surface area contributed by atoms with E-state index in [0.717, 1.165) is 0 Å². The fraction of sp³-hybridized carbons (Fsp3) is 0.167. The molecule has 0 saturated carbocycles. The summed E-state index contributed by atoms with van der Waals surface area (Å²) in [6.45, 7) is 2.54. The minimum Gasteiger partial charge on any atom is -0.380 e. The molecule has 5 heteroatoms. The Morgan fingerprint density at radius 1 is 1.35 bits per heavy atom. The molecule has 0 aliphatic carbocycles. The second kappa shape index (κ2) is 5.01. The Kier molecular flexibility index (Phi) is 3.44. The molecule has 1 N–H and O–H groups in total. The molecule has 0 unspecified atom stereocenters. The second-order valence-electron chi connectivity index (χ2n) is 3.45. The zero-order valence-corrected chi connectivity index (χ0v) is 10.1. The molecule has 0 fully saturated rings. The fourth-order valence-electron chi connectivity index (χ4n) is 1.52. The first kappa shape index (κ1) is 11.7. The molecule has 2 aromatic rings. The van der Waals surface area contributed by atoms with Gasteiger partial charge in [-0.3, -0.25) is 4.79 Å². The summed E-state index contributed by atoms with van der Waals surface area (Å²) in [6, 6.07) is 9.22. The van der Waals surface area contributed by atoms with Crippen LogP contribution in [0.5, 0.6) is 0 Å². The molecule has 0 aliphatic rings. The van der Waals surface area contributed by atoms with Gasteiger partial charge >= 0.3 is 0 Å². The van der Waals surface area contributed by atoms with Gasteiger partial charge in [0, 0.05) is 6.54 Å². The number of rotatable bonds is 3. The molecule has 0 aliphatic heterocycles. The minimum atomic E-state index is -0.245. The number of benzene rings is 1. The SMILES string of the molecule is CCNc1c(Cl)cnn(-c2ccccc2)c1=O. The molecule has 1 aromatic heterocycles. The van der Waals surface area contributed by atoms with Gasteiger partial charge in [-0.05, 0) is 19.1 Å². The average molecular weight is 250 g/mol. The highest BCUT2D eigenvalue weighted by Gasteiger charge is 2.09. The highest BCUT2D eigenvalue weighted by Crippen LogP contribution is 2.15. The van der Waals surface area contributed by atoms with E-state index in [1.807, 2.05) is 37.3 Å². The van der Waals surface area contributed by atoms with Gasteiger partial charge in [0.1, 0.15) is 5.69 Å². The zero-order valence-electron chi connectivity index (χ0n) is 9.35. The molecular weight excluding hydrogens is 238 g/mol. The van der Waals surface area contributed by atoms with E-state index in [1.165, 1.54) is 10.9 Å². The first-order valence-corrected chi connectivity index (χ1v) is 5.69. The van der Waals surface area contributed by atoms with Crippen molar-refractivity contribution < 1.29 is 0 Å². The molecule has 1 heterocycles. The van der Waals surface area contributed by atoms with Crippen LogP contribution in [-0.2, 0) is 0 Å². The second-order valence-corrected chi connectivity index (χ2v) is 3.86. The maximum absolute atomic E-state index is 12.1. The van der Waals surface area contributed by atoms with Crippen LogP contribution in [0.1, 0.15) is 6.92 Å². The van der Waals surface area contributed by atoms with Crippen LogP contribution >= 0.6 is 11.6 Å². The van der Waals surface area contributed by atoms with E-state index in [9.17, 15) is 4.79 Å². The lowest BCUT2D eigenvalue weighted by atomic mass is 10.3. The molecule has 88 valence electrons. The number of nitrogens with zero attached hydrogens (tertiary/aromatic N) is 2. The molecule has 0 bridgehead atoms. The van der Waals surface area contributed by atoms with Gasteiger partial charge in [-0.15, -0.1) is 0 Å². The third-order valence-corrected chi connectivity index (χ3v) is 2.57. The molecule has 17 heavy (non-hydrogen) atoms. The summed E-state index contributed by atoms with van der Waals surface area (Å²) < 4.78 is 1.32. The molecule has 2 rings (SSSR count). The van der Waals surface area contributed by atoms with E-state index < -0.39 is 0 Å². The molecular formula is C12H12ClN3O. The van der Waals surface area contributed by atoms with Crippen LogP contribution in [0.4, 0.5) is 5.69 Å². The van der Waals surface area contributed by atoms with Gasteiger partial charge in [0.15, 0.2) is 0 Å². The monoisotopic (exact) mass is 249 g/mol. The third-order valence-electron chi connectivity index (χ3n) is 2.29. The topological polar surface area (TPSA) is 46.9 Å². The van der Waals surface area contributed by atoms with Crippen LogP contribution in [0.2, 0.25) is 5.02 Å². The van der Waals surface area contributed by atoms with E-state index in [-0.39, 0.29) is 5.56 Å². The smallest absolute Gasteiger partial charge is 0.296 e. The van der Waals surface area contributed by atoms with Crippen molar-refractivity contribution in [2.45, 2.75) is 6.92 Å². The predicted molar refractivity (Wildman–Crippen MR) is 69.0 cm³/mol. The number of anilines is 1. The summed E-state index contributed by atoms with van der Waals surface area (Å²) in [5.41, 5.74) is 0.854. The van der Waals surface area contributed by atoms with Crippen LogP contribution in [0.3, 0.4) is 0 Å². The van der Waals surface area contributed by atoms with Crippen LogP contribution < -0.4 is 10.9 Å². The van der Waals surface area contributed by atoms with Crippen molar-refractivity contribution in [3.05, 3.63) is 51.9 Å². The summed E-state index contributed by atoms with van der Waals surface area (Å²) in [5.74, 6) is 0. The van der Waals surface area contributed by atoms with E-state index in [2.05, 4.69) is 10.4 Å². The number of hydrogen-bond donors (Lipinski definition) is 1. The Balaban J connectivity index is 2.58. The number of hydrogen-bond acceptors (Lipinski definition) is 3. The largest absolute Gasteiger partial charge is 0.380 e. The molecule has 0 atom stereocenters. The normalized spacial score (nSPS) is 10.2. The molecule has 4 nitrogen and oxygen atoms in total. The lowest BCUT2D eigenvalue weighted by Gasteiger charge is -2.08. The summed E-state index contributed by atoms with van der Waals surface area (Å²) in [7, 11) is 0. The van der Waals surface area contributed by atoms with Gasteiger partial charge in [0.2, 0.25) is 0 Å². The van der Waals surface area contributed by atoms with Crippen molar-refractivity contribution in [2.24, 2.45) is 0 Å². The average Bonchev–Trinajstić information content (AvgIpc) is 2.36. The van der Waals surface area contributed by atoms with E-state index in [4.69, 9.17) is 11.6 Å². The predicted octanol–water partition coefficient (Wildman–Crippen LogP) is 2.32. The fourth-order valence-corrected chi connectivity index (χ4v) is 1.71. The van der Waals surface area contributed by atoms with Gasteiger partial charge < -0.3 is 5.32 Å². The first-order chi connectivity index (χ1) is 8.24. The number of para-hydroxylation sites is 1. The highest BCUT2D eigenvalue weighted by atomic mass is 35.5. The standard InChI is InChI=1S/C12H12ClN3O/c1-2-14-11-10(13)8-15-16(12(11)17)9-6-4-3-5-7-9/h3-8,14H,2H2,1H3. The van der Waals surface area contributed by atoms with Gasteiger partial charge in [0.25, 0.3) is 5.56 Å². The van der Waals surface area contributed by atoms with Crippen molar-refractivity contribution in [1.82, 2.24) is 9.78 Å². The van der Waals surface area contributed by atoms with Crippen molar-refractivity contribution >= 4 is 17.3 Å². The van der Waals surface area contributed by atoms with Crippen molar-refractivity contribution in [2.75, 3.05) is 11.9 Å². The highest BCUT2D eigenvalue weighted by molar-refractivity contribution is 6.33. The number of nitrogens with one attached hydrogen (secondary N) is 1. The molecule has 1 aromatic carbocycles. The van der Waals surface area contributed by atoms with Crippen LogP contribution in [0, 0.1) is 0 Å². The Hall–Kier alpha value is -1.81. The van der Waals surface area contributed by atoms with Gasteiger partial charge in [-0.2, -0.15) is 9.78 Å². The van der Waals surface area contributed by atoms with Crippen molar-refractivity contribution in [3.63, 3.8) is 0 Å². The van der Waals surface area contributed by atoms with Crippen LogP contribution in [0.25, 0.3) is 5.69 Å². The van der Waals surface area contributed by atoms with Crippen LogP contribution in [-0.4, -0.2) is 16.3 Å². The Morgan fingerprint density at radius 3 is 2.71 bits per heavy atom. The van der Waals surface area contributed by atoms with Crippen molar-refractivity contribution in [1.29, 1.82) is 0 Å². The Labute approximate surface area is 104 Å². The maximum atomic E-state index is 12.1. The molecule has 0 spiro atoms. The summed E-state index contributed by atoms with van der Waals surface area (Å²) in [6.07, 6.45) is 1.47. The van der Waals surface area contributed by atoms with Gasteiger partial charge in [-0.1, -0.05) is 29.8 Å². The van der Waals surface area contributed by atoms with E-state index in [1.54, 1.807) is 0 Å². The van der Waals surface area contributed by atoms with Gasteiger partial charge in [0.05, 0.1) is 16.9 Å². The lowest BCUT2D eigenvalue weighted by Crippen LogP contribution is -2.24. The third kappa shape index (κ3) is 2.31. The van der Waals surface area contributed by atoms with E-state index >= 15 is 0 Å². The first-order valence-electron chi connectivity index (χ1n) is 5.31. The molecule has 0 saturated heterocycles. The Bertz CT molecular complexity index is 566.